The number of H-pyrrole nitrogens is 1. The summed E-state index contributed by atoms with van der Waals surface area (Å²) >= 11 is 6.42. The van der Waals surface area contributed by atoms with Crippen LogP contribution < -0.4 is 10.2 Å². The number of rotatable bonds is 4. The Morgan fingerprint density at radius 3 is 2.85 bits per heavy atom. The van der Waals surface area contributed by atoms with Crippen molar-refractivity contribution in [3.8, 4) is 6.07 Å². The number of anilines is 2. The van der Waals surface area contributed by atoms with Crippen LogP contribution in [0.3, 0.4) is 0 Å². The van der Waals surface area contributed by atoms with Crippen LogP contribution >= 0.6 is 11.6 Å². The summed E-state index contributed by atoms with van der Waals surface area (Å²) in [4.78, 5) is 26.1. The topological polar surface area (TPSA) is 102 Å². The lowest BCUT2D eigenvalue weighted by Crippen LogP contribution is -2.25. The third-order valence-corrected chi connectivity index (χ3v) is 4.85. The summed E-state index contributed by atoms with van der Waals surface area (Å²) in [6.45, 7) is 4.11. The highest BCUT2D eigenvalue weighted by Crippen LogP contribution is 2.36. The highest BCUT2D eigenvalue weighted by Gasteiger charge is 2.28. The summed E-state index contributed by atoms with van der Waals surface area (Å²) in [5, 5.41) is 19.2. The molecule has 134 valence electrons. The van der Waals surface area contributed by atoms with Gasteiger partial charge in [-0.1, -0.05) is 17.7 Å². The monoisotopic (exact) mass is 371 g/mol. The first-order valence-corrected chi connectivity index (χ1v) is 8.66. The number of nitrogens with zero attached hydrogens (tertiary/aromatic N) is 3. The molecule has 2 heterocycles. The minimum atomic E-state index is -0.588. The molecule has 2 amide bonds. The first kappa shape index (κ1) is 18.0. The van der Waals surface area contributed by atoms with E-state index in [0.717, 1.165) is 12.1 Å². The molecular weight excluding hydrogens is 354 g/mol. The highest BCUT2D eigenvalue weighted by molar-refractivity contribution is 6.33. The summed E-state index contributed by atoms with van der Waals surface area (Å²) in [6.07, 6.45) is 1.22. The smallest absolute Gasteiger partial charge is 0.232 e. The van der Waals surface area contributed by atoms with E-state index in [1.807, 2.05) is 6.92 Å². The van der Waals surface area contributed by atoms with Crippen LogP contribution in [0.25, 0.3) is 0 Å². The van der Waals surface area contributed by atoms with E-state index in [-0.39, 0.29) is 22.4 Å². The number of nitriles is 1. The van der Waals surface area contributed by atoms with Crippen molar-refractivity contribution < 1.29 is 9.59 Å². The number of aromatic nitrogens is 2. The number of amides is 2. The fourth-order valence-corrected chi connectivity index (χ4v) is 3.37. The van der Waals surface area contributed by atoms with Gasteiger partial charge in [-0.05, 0) is 31.9 Å². The number of nitrogens with one attached hydrogen (secondary N) is 2. The van der Waals surface area contributed by atoms with Crippen molar-refractivity contribution in [3.63, 3.8) is 0 Å². The van der Waals surface area contributed by atoms with Crippen molar-refractivity contribution in [1.29, 1.82) is 5.26 Å². The van der Waals surface area contributed by atoms with Crippen LogP contribution in [0.15, 0.2) is 18.2 Å². The van der Waals surface area contributed by atoms with E-state index in [9.17, 15) is 14.9 Å². The zero-order chi connectivity index (χ0) is 18.8. The zero-order valence-corrected chi connectivity index (χ0v) is 15.2. The van der Waals surface area contributed by atoms with E-state index in [0.29, 0.717) is 30.0 Å². The van der Waals surface area contributed by atoms with Gasteiger partial charge in [0.1, 0.15) is 6.07 Å². The van der Waals surface area contributed by atoms with Gasteiger partial charge in [-0.2, -0.15) is 10.4 Å². The number of benzene rings is 1. The molecule has 1 atom stereocenters. The average molecular weight is 372 g/mol. The molecule has 1 saturated heterocycles. The Hall–Kier alpha value is -2.85. The minimum Gasteiger partial charge on any atom is -0.311 e. The summed E-state index contributed by atoms with van der Waals surface area (Å²) < 4.78 is 0. The van der Waals surface area contributed by atoms with Gasteiger partial charge in [0.15, 0.2) is 5.82 Å². The highest BCUT2D eigenvalue weighted by atomic mass is 35.5. The minimum absolute atomic E-state index is 0.0231. The molecular formula is C18H18ClN5O2. The second-order valence-electron chi connectivity index (χ2n) is 6.27. The van der Waals surface area contributed by atoms with Crippen LogP contribution in [0.1, 0.15) is 42.5 Å². The standard InChI is InChI=1S/C18H18ClN5O2/c1-10-8-15(23-22-10)21-18(26)11(2)12-5-6-14(13(9-20)17(12)19)24-7-3-4-16(24)25/h5-6,8,11H,3-4,7H2,1-2H3,(H2,21,22,23,26). The van der Waals surface area contributed by atoms with Crippen molar-refractivity contribution in [2.75, 3.05) is 16.8 Å². The van der Waals surface area contributed by atoms with Gasteiger partial charge >= 0.3 is 0 Å². The molecule has 2 N–H and O–H groups in total. The van der Waals surface area contributed by atoms with Crippen molar-refractivity contribution in [3.05, 3.63) is 40.0 Å². The maximum absolute atomic E-state index is 12.5. The normalized spacial score (nSPS) is 15.0. The van der Waals surface area contributed by atoms with Gasteiger partial charge in [-0.25, -0.2) is 0 Å². The maximum atomic E-state index is 12.5. The second kappa shape index (κ2) is 7.18. The Morgan fingerprint density at radius 2 is 2.27 bits per heavy atom. The van der Waals surface area contributed by atoms with Gasteiger partial charge in [0, 0.05) is 24.7 Å². The van der Waals surface area contributed by atoms with Gasteiger partial charge < -0.3 is 10.2 Å². The zero-order valence-electron chi connectivity index (χ0n) is 14.5. The largest absolute Gasteiger partial charge is 0.311 e. The van der Waals surface area contributed by atoms with Crippen LogP contribution in [-0.2, 0) is 9.59 Å². The molecule has 7 nitrogen and oxygen atoms in total. The fourth-order valence-electron chi connectivity index (χ4n) is 3.01. The van der Waals surface area contributed by atoms with Gasteiger partial charge in [-0.3, -0.25) is 14.7 Å². The lowest BCUT2D eigenvalue weighted by atomic mass is 9.97. The molecule has 0 saturated carbocycles. The van der Waals surface area contributed by atoms with Crippen molar-refractivity contribution in [2.45, 2.75) is 32.6 Å². The van der Waals surface area contributed by atoms with Gasteiger partial charge in [0.2, 0.25) is 11.8 Å². The molecule has 26 heavy (non-hydrogen) atoms. The third kappa shape index (κ3) is 3.28. The predicted octanol–water partition coefficient (Wildman–Crippen LogP) is 3.11. The number of halogens is 1. The second-order valence-corrected chi connectivity index (χ2v) is 6.65. The maximum Gasteiger partial charge on any atom is 0.232 e. The van der Waals surface area contributed by atoms with Crippen LogP contribution in [0.4, 0.5) is 11.5 Å². The van der Waals surface area contributed by atoms with E-state index in [1.165, 1.54) is 0 Å². The molecule has 1 unspecified atom stereocenters. The fraction of sp³-hybridized carbons (Fsp3) is 0.333. The van der Waals surface area contributed by atoms with Crippen LogP contribution in [-0.4, -0.2) is 28.6 Å². The average Bonchev–Trinajstić information content (AvgIpc) is 3.22. The van der Waals surface area contributed by atoms with Crippen molar-refractivity contribution in [1.82, 2.24) is 10.2 Å². The number of carbonyl (C=O) groups is 2. The lowest BCUT2D eigenvalue weighted by Gasteiger charge is -2.20. The van der Waals surface area contributed by atoms with Gasteiger partial charge in [-0.15, -0.1) is 0 Å². The van der Waals surface area contributed by atoms with E-state index in [2.05, 4.69) is 21.6 Å². The predicted molar refractivity (Wildman–Crippen MR) is 98.1 cm³/mol. The van der Waals surface area contributed by atoms with E-state index < -0.39 is 5.92 Å². The third-order valence-electron chi connectivity index (χ3n) is 4.44. The molecule has 1 fully saturated rings. The first-order valence-electron chi connectivity index (χ1n) is 8.28. The Morgan fingerprint density at radius 1 is 1.50 bits per heavy atom. The molecule has 1 aliphatic heterocycles. The van der Waals surface area contributed by atoms with Crippen LogP contribution in [0.2, 0.25) is 5.02 Å². The molecule has 1 aromatic carbocycles. The summed E-state index contributed by atoms with van der Waals surface area (Å²) in [5.74, 6) is -0.470. The Balaban J connectivity index is 1.89. The molecule has 1 aliphatic rings. The molecule has 1 aromatic heterocycles. The molecule has 0 aliphatic carbocycles. The summed E-state index contributed by atoms with van der Waals surface area (Å²) in [5.41, 5.74) is 2.08. The summed E-state index contributed by atoms with van der Waals surface area (Å²) in [6, 6.07) is 7.18. The van der Waals surface area contributed by atoms with E-state index in [1.54, 1.807) is 30.0 Å². The van der Waals surface area contributed by atoms with Crippen molar-refractivity contribution >= 4 is 34.9 Å². The number of hydrogen-bond donors (Lipinski definition) is 2. The van der Waals surface area contributed by atoms with Crippen molar-refractivity contribution in [2.24, 2.45) is 0 Å². The Labute approximate surface area is 155 Å². The molecule has 0 radical (unpaired) electrons. The molecule has 3 rings (SSSR count). The van der Waals surface area contributed by atoms with Gasteiger partial charge in [0.05, 0.1) is 22.2 Å². The van der Waals surface area contributed by atoms with Gasteiger partial charge in [0.25, 0.3) is 0 Å². The Bertz CT molecular complexity index is 915. The summed E-state index contributed by atoms with van der Waals surface area (Å²) in [7, 11) is 0. The lowest BCUT2D eigenvalue weighted by molar-refractivity contribution is -0.118. The number of aryl methyl sites for hydroxylation is 1. The van der Waals surface area contributed by atoms with Crippen LogP contribution in [0, 0.1) is 18.3 Å². The molecule has 2 aromatic rings. The molecule has 0 bridgehead atoms. The van der Waals surface area contributed by atoms with Crippen LogP contribution in [0.5, 0.6) is 0 Å². The quantitative estimate of drug-likeness (QED) is 0.861. The molecule has 0 spiro atoms. The van der Waals surface area contributed by atoms with E-state index >= 15 is 0 Å². The molecule has 8 heteroatoms. The SMILES string of the molecule is Cc1cc(NC(=O)C(C)c2ccc(N3CCCC3=O)c(C#N)c2Cl)n[nH]1. The number of hydrogen-bond acceptors (Lipinski definition) is 4. The first-order chi connectivity index (χ1) is 12.4. The number of aromatic amines is 1. The number of carbonyl (C=O) groups excluding carboxylic acids is 2. The Kier molecular flexibility index (Phi) is 4.96. The van der Waals surface area contributed by atoms with E-state index in [4.69, 9.17) is 11.6 Å².